The number of thioether (sulfide) groups is 1. The summed E-state index contributed by atoms with van der Waals surface area (Å²) in [4.78, 5) is 7.06. The summed E-state index contributed by atoms with van der Waals surface area (Å²) in [6.07, 6.45) is 0.995. The summed E-state index contributed by atoms with van der Waals surface area (Å²) < 4.78 is 0. The minimum atomic E-state index is -0.197. The monoisotopic (exact) mass is 377 g/mol. The first-order chi connectivity index (χ1) is 13.2. The molecule has 5 nitrogen and oxygen atoms in total. The molecule has 1 saturated heterocycles. The number of piperidine rings is 1. The number of nitriles is 1. The van der Waals surface area contributed by atoms with Crippen LogP contribution in [0.1, 0.15) is 34.9 Å². The zero-order valence-electron chi connectivity index (χ0n) is 15.5. The third-order valence-electron chi connectivity index (χ3n) is 6.09. The number of anilines is 2. The fourth-order valence-corrected chi connectivity index (χ4v) is 5.85. The molecule has 1 aromatic heterocycles. The van der Waals surface area contributed by atoms with Crippen molar-refractivity contribution >= 4 is 23.1 Å². The number of fused-ring (bicyclic) bond motifs is 3. The van der Waals surface area contributed by atoms with Crippen molar-refractivity contribution in [2.24, 2.45) is 0 Å². The van der Waals surface area contributed by atoms with Gasteiger partial charge in [-0.2, -0.15) is 17.0 Å². The number of rotatable bonds is 2. The molecule has 1 fully saturated rings. The van der Waals surface area contributed by atoms with Crippen LogP contribution in [0.4, 0.5) is 11.4 Å². The fourth-order valence-electron chi connectivity index (χ4n) is 4.94. The lowest BCUT2D eigenvalue weighted by atomic mass is 9.83. The van der Waals surface area contributed by atoms with Crippen molar-refractivity contribution < 1.29 is 0 Å². The molecule has 2 aromatic rings. The first kappa shape index (κ1) is 16.9. The second-order valence-corrected chi connectivity index (χ2v) is 8.68. The predicted octanol–water partition coefficient (Wildman–Crippen LogP) is 3.21. The van der Waals surface area contributed by atoms with E-state index in [0.717, 1.165) is 48.9 Å². The molecular weight excluding hydrogens is 354 g/mol. The van der Waals surface area contributed by atoms with Crippen LogP contribution in [-0.4, -0.2) is 36.0 Å². The first-order valence-electron chi connectivity index (χ1n) is 9.57. The minimum Gasteiger partial charge on any atom is -0.360 e. The highest BCUT2D eigenvalue weighted by Crippen LogP contribution is 2.53. The number of nitrogens with zero attached hydrogens (tertiary/aromatic N) is 3. The molecule has 1 aromatic carbocycles. The van der Waals surface area contributed by atoms with Crippen molar-refractivity contribution in [3.8, 4) is 6.07 Å². The van der Waals surface area contributed by atoms with Gasteiger partial charge in [0.15, 0.2) is 5.69 Å². The lowest BCUT2D eigenvalue weighted by molar-refractivity contribution is 0.302. The zero-order valence-corrected chi connectivity index (χ0v) is 16.3. The molecule has 3 aliphatic heterocycles. The Hall–Kier alpha value is -2.23. The summed E-state index contributed by atoms with van der Waals surface area (Å²) >= 11 is 2.01. The normalized spacial score (nSPS) is 25.9. The summed E-state index contributed by atoms with van der Waals surface area (Å²) in [5, 5.41) is 17.1. The van der Waals surface area contributed by atoms with Crippen LogP contribution in [0.5, 0.6) is 0 Å². The number of hydrogen-bond donors (Lipinski definition) is 2. The van der Waals surface area contributed by atoms with E-state index in [4.69, 9.17) is 0 Å². The van der Waals surface area contributed by atoms with Gasteiger partial charge in [-0.05, 0) is 36.7 Å². The zero-order chi connectivity index (χ0) is 18.4. The quantitative estimate of drug-likeness (QED) is 0.838. The lowest BCUT2D eigenvalue weighted by Gasteiger charge is -2.48. The van der Waals surface area contributed by atoms with Crippen LogP contribution >= 0.6 is 11.8 Å². The molecule has 27 heavy (non-hydrogen) atoms. The van der Waals surface area contributed by atoms with E-state index in [9.17, 15) is 5.26 Å². The Morgan fingerprint density at radius 3 is 3.19 bits per heavy atom. The van der Waals surface area contributed by atoms with Crippen molar-refractivity contribution in [2.75, 3.05) is 35.6 Å². The predicted molar refractivity (Wildman–Crippen MR) is 110 cm³/mol. The molecule has 0 saturated carbocycles. The second kappa shape index (κ2) is 6.43. The molecule has 6 heteroatoms. The second-order valence-electron chi connectivity index (χ2n) is 7.58. The molecule has 4 heterocycles. The number of aromatic nitrogens is 1. The molecule has 5 rings (SSSR count). The molecule has 0 aliphatic carbocycles. The van der Waals surface area contributed by atoms with E-state index in [0.29, 0.717) is 11.6 Å². The summed E-state index contributed by atoms with van der Waals surface area (Å²) in [6.45, 7) is 4.88. The van der Waals surface area contributed by atoms with Crippen LogP contribution in [0.15, 0.2) is 30.3 Å². The first-order valence-corrected chi connectivity index (χ1v) is 10.7. The number of pyridine rings is 1. The highest BCUT2D eigenvalue weighted by Gasteiger charge is 2.53. The summed E-state index contributed by atoms with van der Waals surface area (Å²) in [5.74, 6) is 2.55. The summed E-state index contributed by atoms with van der Waals surface area (Å²) in [6, 6.07) is 13.1. The fraction of sp³-hybridized carbons (Fsp3) is 0.429. The average Bonchev–Trinajstić information content (AvgIpc) is 2.81. The van der Waals surface area contributed by atoms with Crippen LogP contribution < -0.4 is 15.5 Å². The van der Waals surface area contributed by atoms with Gasteiger partial charge in [-0.3, -0.25) is 0 Å². The molecule has 0 bridgehead atoms. The van der Waals surface area contributed by atoms with Gasteiger partial charge in [0.2, 0.25) is 0 Å². The van der Waals surface area contributed by atoms with Crippen LogP contribution in [-0.2, 0) is 5.75 Å². The van der Waals surface area contributed by atoms with Crippen LogP contribution in [0, 0.1) is 18.3 Å². The van der Waals surface area contributed by atoms with E-state index in [1.807, 2.05) is 30.8 Å². The van der Waals surface area contributed by atoms with E-state index in [1.165, 1.54) is 16.8 Å². The molecule has 2 atom stereocenters. The number of benzene rings is 1. The van der Waals surface area contributed by atoms with Crippen molar-refractivity contribution in [2.45, 2.75) is 30.7 Å². The Labute approximate surface area is 164 Å². The molecule has 0 amide bonds. The Kier molecular flexibility index (Phi) is 4.03. The smallest absolute Gasteiger partial charge is 0.163 e. The Balaban J connectivity index is 1.65. The third-order valence-corrected chi connectivity index (χ3v) is 7.08. The molecule has 138 valence electrons. The molecule has 0 unspecified atom stereocenters. The van der Waals surface area contributed by atoms with Crippen molar-refractivity contribution in [3.63, 3.8) is 0 Å². The van der Waals surface area contributed by atoms with E-state index in [-0.39, 0.29) is 5.66 Å². The van der Waals surface area contributed by atoms with Gasteiger partial charge in [0, 0.05) is 48.3 Å². The highest BCUT2D eigenvalue weighted by molar-refractivity contribution is 7.98. The van der Waals surface area contributed by atoms with Gasteiger partial charge >= 0.3 is 0 Å². The molecule has 3 aliphatic rings. The molecule has 0 radical (unpaired) electrons. The van der Waals surface area contributed by atoms with E-state index in [2.05, 4.69) is 44.8 Å². The highest BCUT2D eigenvalue weighted by atomic mass is 32.2. The third kappa shape index (κ3) is 2.53. The summed E-state index contributed by atoms with van der Waals surface area (Å²) in [5.41, 5.74) is 6.31. The molecule has 0 spiro atoms. The van der Waals surface area contributed by atoms with Crippen LogP contribution in [0.2, 0.25) is 0 Å². The van der Waals surface area contributed by atoms with Gasteiger partial charge in [0.05, 0.1) is 5.69 Å². The molecular formula is C21H23N5S. The SMILES string of the molecule is Cc1ccc(N[C@]23CCNC[C@H]2c2cccc4c2N3CCSC4)c(C#N)n1. The topological polar surface area (TPSA) is 64.0 Å². The maximum absolute atomic E-state index is 9.63. The number of aryl methyl sites for hydroxylation is 1. The van der Waals surface area contributed by atoms with Crippen LogP contribution in [0.3, 0.4) is 0 Å². The Morgan fingerprint density at radius 2 is 2.30 bits per heavy atom. The summed E-state index contributed by atoms with van der Waals surface area (Å²) in [7, 11) is 0. The van der Waals surface area contributed by atoms with E-state index >= 15 is 0 Å². The largest absolute Gasteiger partial charge is 0.360 e. The minimum absolute atomic E-state index is 0.197. The van der Waals surface area contributed by atoms with Gasteiger partial charge in [-0.15, -0.1) is 0 Å². The van der Waals surface area contributed by atoms with Crippen LogP contribution in [0.25, 0.3) is 0 Å². The number of nitrogens with one attached hydrogen (secondary N) is 2. The lowest BCUT2D eigenvalue weighted by Crippen LogP contribution is -2.61. The van der Waals surface area contributed by atoms with E-state index < -0.39 is 0 Å². The van der Waals surface area contributed by atoms with Crippen molar-refractivity contribution in [3.05, 3.63) is 52.8 Å². The average molecular weight is 378 g/mol. The van der Waals surface area contributed by atoms with E-state index in [1.54, 1.807) is 0 Å². The maximum Gasteiger partial charge on any atom is 0.163 e. The molecule has 2 N–H and O–H groups in total. The maximum atomic E-state index is 9.63. The van der Waals surface area contributed by atoms with Gasteiger partial charge in [0.1, 0.15) is 11.7 Å². The van der Waals surface area contributed by atoms with Crippen molar-refractivity contribution in [1.82, 2.24) is 10.3 Å². The van der Waals surface area contributed by atoms with Gasteiger partial charge in [-0.1, -0.05) is 18.2 Å². The van der Waals surface area contributed by atoms with Gasteiger partial charge < -0.3 is 15.5 Å². The Morgan fingerprint density at radius 1 is 1.37 bits per heavy atom. The Bertz CT molecular complexity index is 937. The van der Waals surface area contributed by atoms with Gasteiger partial charge in [-0.25, -0.2) is 4.98 Å². The number of para-hydroxylation sites is 1. The van der Waals surface area contributed by atoms with Crippen molar-refractivity contribution in [1.29, 1.82) is 5.26 Å². The standard InChI is InChI=1S/C21H23N5S/c1-14-5-6-18(19(11-22)24-14)25-21-7-8-23-12-17(21)16-4-2-3-15-13-27-10-9-26(21)20(15)16/h2-6,17,23,25H,7-10,12-13H2,1H3/t17-,21-/m0/s1. The number of hydrogen-bond acceptors (Lipinski definition) is 6. The van der Waals surface area contributed by atoms with Gasteiger partial charge in [0.25, 0.3) is 0 Å².